The molecule has 3 atom stereocenters. The highest BCUT2D eigenvalue weighted by Crippen LogP contribution is 2.31. The van der Waals surface area contributed by atoms with Crippen molar-refractivity contribution in [2.24, 2.45) is 0 Å². The zero-order chi connectivity index (χ0) is 16.2. The van der Waals surface area contributed by atoms with Crippen LogP contribution in [0, 0.1) is 0 Å². The number of aliphatic hydroxyl groups excluding tert-OH is 2. The minimum absolute atomic E-state index is 0.0264. The SMILES string of the molecule is CCCC(O)CN1C[C@H](O)C[C@H]1c1nc(-c2ccccc2)n[nH]1. The predicted octanol–water partition coefficient (Wildman–Crippen LogP) is 1.74. The summed E-state index contributed by atoms with van der Waals surface area (Å²) in [5.41, 5.74) is 0.964. The second-order valence-electron chi connectivity index (χ2n) is 6.21. The number of β-amino-alcohol motifs (C(OH)–C–C–N with tert-alkyl or cyclic N) is 2. The lowest BCUT2D eigenvalue weighted by Gasteiger charge is -2.24. The molecule has 0 bridgehead atoms. The van der Waals surface area contributed by atoms with Crippen molar-refractivity contribution in [3.05, 3.63) is 36.2 Å². The molecule has 0 spiro atoms. The summed E-state index contributed by atoms with van der Waals surface area (Å²) in [5.74, 6) is 1.42. The molecular formula is C17H24N4O2. The number of aliphatic hydroxyl groups is 2. The quantitative estimate of drug-likeness (QED) is 0.756. The van der Waals surface area contributed by atoms with Gasteiger partial charge in [-0.15, -0.1) is 0 Å². The monoisotopic (exact) mass is 316 g/mol. The summed E-state index contributed by atoms with van der Waals surface area (Å²) in [6.07, 6.45) is 1.57. The van der Waals surface area contributed by atoms with Crippen LogP contribution in [0.5, 0.6) is 0 Å². The van der Waals surface area contributed by atoms with Crippen LogP contribution < -0.4 is 0 Å². The van der Waals surface area contributed by atoms with Gasteiger partial charge < -0.3 is 10.2 Å². The Hall–Kier alpha value is -1.76. The first kappa shape index (κ1) is 16.1. The van der Waals surface area contributed by atoms with Gasteiger partial charge in [0.05, 0.1) is 18.2 Å². The van der Waals surface area contributed by atoms with Crippen molar-refractivity contribution < 1.29 is 10.2 Å². The maximum Gasteiger partial charge on any atom is 0.181 e. The van der Waals surface area contributed by atoms with Crippen molar-refractivity contribution in [3.63, 3.8) is 0 Å². The van der Waals surface area contributed by atoms with E-state index in [0.717, 1.165) is 24.2 Å². The molecule has 0 amide bonds. The van der Waals surface area contributed by atoms with Gasteiger partial charge in [-0.25, -0.2) is 4.98 Å². The Bertz CT molecular complexity index is 616. The highest BCUT2D eigenvalue weighted by molar-refractivity contribution is 5.53. The van der Waals surface area contributed by atoms with E-state index < -0.39 is 0 Å². The predicted molar refractivity (Wildman–Crippen MR) is 87.7 cm³/mol. The second-order valence-corrected chi connectivity index (χ2v) is 6.21. The normalized spacial score (nSPS) is 23.3. The minimum atomic E-state index is -0.390. The average Bonchev–Trinajstić information content (AvgIpc) is 3.15. The summed E-state index contributed by atoms with van der Waals surface area (Å²) < 4.78 is 0. The Balaban J connectivity index is 1.75. The third kappa shape index (κ3) is 3.77. The van der Waals surface area contributed by atoms with E-state index in [1.54, 1.807) is 0 Å². The van der Waals surface area contributed by atoms with Crippen molar-refractivity contribution in [3.8, 4) is 11.4 Å². The van der Waals surface area contributed by atoms with Gasteiger partial charge in [0.2, 0.25) is 0 Å². The number of aromatic amines is 1. The number of benzene rings is 1. The first-order chi connectivity index (χ1) is 11.2. The average molecular weight is 316 g/mol. The van der Waals surface area contributed by atoms with E-state index in [9.17, 15) is 10.2 Å². The van der Waals surface area contributed by atoms with Gasteiger partial charge >= 0.3 is 0 Å². The Morgan fingerprint density at radius 2 is 2.13 bits per heavy atom. The summed E-state index contributed by atoms with van der Waals surface area (Å²) in [6, 6.07) is 9.79. The van der Waals surface area contributed by atoms with Crippen LogP contribution in [-0.2, 0) is 0 Å². The van der Waals surface area contributed by atoms with Crippen LogP contribution in [0.2, 0.25) is 0 Å². The molecule has 1 unspecified atom stereocenters. The van der Waals surface area contributed by atoms with E-state index >= 15 is 0 Å². The van der Waals surface area contributed by atoms with Crippen LogP contribution >= 0.6 is 0 Å². The van der Waals surface area contributed by atoms with E-state index in [2.05, 4.69) is 27.0 Å². The lowest BCUT2D eigenvalue weighted by atomic mass is 10.1. The van der Waals surface area contributed by atoms with Gasteiger partial charge in [-0.2, -0.15) is 5.10 Å². The molecule has 1 saturated heterocycles. The molecule has 6 nitrogen and oxygen atoms in total. The van der Waals surface area contributed by atoms with E-state index in [1.165, 1.54) is 0 Å². The number of likely N-dealkylation sites (tertiary alicyclic amines) is 1. The standard InChI is InChI=1S/C17H24N4O2/c1-2-6-13(22)10-21-11-14(23)9-15(21)17-18-16(19-20-17)12-7-4-3-5-8-12/h3-5,7-8,13-15,22-23H,2,6,9-11H2,1H3,(H,18,19,20)/t13?,14-,15+/m1/s1. The zero-order valence-corrected chi connectivity index (χ0v) is 13.4. The van der Waals surface area contributed by atoms with Crippen molar-refractivity contribution in [2.45, 2.75) is 44.4 Å². The van der Waals surface area contributed by atoms with Crippen LogP contribution in [0.4, 0.5) is 0 Å². The van der Waals surface area contributed by atoms with E-state index in [4.69, 9.17) is 0 Å². The third-order valence-corrected chi connectivity index (χ3v) is 4.30. The van der Waals surface area contributed by atoms with E-state index in [1.807, 2.05) is 30.3 Å². The van der Waals surface area contributed by atoms with Crippen molar-refractivity contribution in [1.29, 1.82) is 0 Å². The molecule has 124 valence electrons. The fraction of sp³-hybridized carbons (Fsp3) is 0.529. The van der Waals surface area contributed by atoms with Gasteiger partial charge in [-0.05, 0) is 12.8 Å². The molecule has 0 radical (unpaired) electrons. The highest BCUT2D eigenvalue weighted by atomic mass is 16.3. The fourth-order valence-electron chi connectivity index (χ4n) is 3.20. The molecule has 23 heavy (non-hydrogen) atoms. The molecule has 1 aliphatic heterocycles. The molecule has 1 fully saturated rings. The highest BCUT2D eigenvalue weighted by Gasteiger charge is 2.35. The molecule has 0 saturated carbocycles. The van der Waals surface area contributed by atoms with Gasteiger partial charge in [0, 0.05) is 18.7 Å². The number of aromatic nitrogens is 3. The van der Waals surface area contributed by atoms with Gasteiger partial charge in [0.1, 0.15) is 5.82 Å². The first-order valence-electron chi connectivity index (χ1n) is 8.25. The zero-order valence-electron chi connectivity index (χ0n) is 13.4. The topological polar surface area (TPSA) is 85.3 Å². The summed E-state index contributed by atoms with van der Waals surface area (Å²) in [6.45, 7) is 3.17. The lowest BCUT2D eigenvalue weighted by molar-refractivity contribution is 0.0905. The third-order valence-electron chi connectivity index (χ3n) is 4.30. The maximum atomic E-state index is 10.1. The molecule has 0 aliphatic carbocycles. The number of rotatable bonds is 6. The number of hydrogen-bond acceptors (Lipinski definition) is 5. The number of nitrogens with one attached hydrogen (secondary N) is 1. The summed E-state index contributed by atoms with van der Waals surface area (Å²) >= 11 is 0. The molecule has 3 N–H and O–H groups in total. The minimum Gasteiger partial charge on any atom is -0.392 e. The lowest BCUT2D eigenvalue weighted by Crippen LogP contribution is -2.33. The molecule has 1 aromatic carbocycles. The van der Waals surface area contributed by atoms with Gasteiger partial charge in [-0.1, -0.05) is 43.7 Å². The molecule has 3 rings (SSSR count). The van der Waals surface area contributed by atoms with Crippen molar-refractivity contribution in [1.82, 2.24) is 20.1 Å². The first-order valence-corrected chi connectivity index (χ1v) is 8.25. The Morgan fingerprint density at radius 1 is 1.35 bits per heavy atom. The van der Waals surface area contributed by atoms with E-state index in [0.29, 0.717) is 25.3 Å². The number of hydrogen-bond donors (Lipinski definition) is 3. The fourth-order valence-corrected chi connectivity index (χ4v) is 3.20. The molecule has 1 aromatic heterocycles. The van der Waals surface area contributed by atoms with Crippen molar-refractivity contribution in [2.75, 3.05) is 13.1 Å². The summed E-state index contributed by atoms with van der Waals surface area (Å²) in [5, 5.41) is 27.4. The Labute approximate surface area is 136 Å². The number of nitrogens with zero attached hydrogens (tertiary/aromatic N) is 3. The Kier molecular flexibility index (Phi) is 5.05. The Morgan fingerprint density at radius 3 is 2.87 bits per heavy atom. The van der Waals surface area contributed by atoms with Crippen LogP contribution in [0.1, 0.15) is 38.1 Å². The van der Waals surface area contributed by atoms with Crippen molar-refractivity contribution >= 4 is 0 Å². The van der Waals surface area contributed by atoms with E-state index in [-0.39, 0.29) is 18.2 Å². The molecule has 6 heteroatoms. The van der Waals surface area contributed by atoms with Crippen LogP contribution in [-0.4, -0.2) is 55.6 Å². The van der Waals surface area contributed by atoms with Gasteiger partial charge in [0.25, 0.3) is 0 Å². The summed E-state index contributed by atoms with van der Waals surface area (Å²) in [4.78, 5) is 6.70. The van der Waals surface area contributed by atoms with Crippen LogP contribution in [0.15, 0.2) is 30.3 Å². The molecule has 2 aromatic rings. The maximum absolute atomic E-state index is 10.1. The van der Waals surface area contributed by atoms with Crippen LogP contribution in [0.3, 0.4) is 0 Å². The largest absolute Gasteiger partial charge is 0.392 e. The molecule has 2 heterocycles. The molecule has 1 aliphatic rings. The number of H-pyrrole nitrogens is 1. The van der Waals surface area contributed by atoms with Crippen LogP contribution in [0.25, 0.3) is 11.4 Å². The second kappa shape index (κ2) is 7.21. The van der Waals surface area contributed by atoms with Gasteiger partial charge in [-0.3, -0.25) is 10.00 Å². The smallest absolute Gasteiger partial charge is 0.181 e. The molecular weight excluding hydrogens is 292 g/mol. The van der Waals surface area contributed by atoms with Gasteiger partial charge in [0.15, 0.2) is 5.82 Å². The summed E-state index contributed by atoms with van der Waals surface area (Å²) in [7, 11) is 0.